The molecule has 2 aromatic rings. The van der Waals surface area contributed by atoms with Crippen molar-refractivity contribution in [2.24, 2.45) is 0 Å². The average molecular weight is 569 g/mol. The van der Waals surface area contributed by atoms with Gasteiger partial charge in [-0.05, 0) is 34.4 Å². The van der Waals surface area contributed by atoms with Gasteiger partial charge >= 0.3 is 11.9 Å². The number of rotatable bonds is 17. The summed E-state index contributed by atoms with van der Waals surface area (Å²) in [5, 5.41) is 99.7. The highest BCUT2D eigenvalue weighted by atomic mass is 16.4. The van der Waals surface area contributed by atoms with Crippen molar-refractivity contribution >= 4 is 11.9 Å². The van der Waals surface area contributed by atoms with Crippen LogP contribution in [0.3, 0.4) is 0 Å². The second-order valence-corrected chi connectivity index (χ2v) is 9.18. The summed E-state index contributed by atoms with van der Waals surface area (Å²) in [5.41, 5.74) is 1.04. The summed E-state index contributed by atoms with van der Waals surface area (Å²) >= 11 is 0. The number of carboxylic acids is 2. The predicted octanol–water partition coefficient (Wildman–Crippen LogP) is -1.74. The van der Waals surface area contributed by atoms with E-state index in [0.29, 0.717) is 5.56 Å². The molecule has 0 saturated carbocycles. The standard InChI is InChI=1S/C26H36N2O12/c29-9-15-3-17(11-31)18(24(36)4-15)5-27(7-25(37)38)21(13-33)22(14-34)28(8-26(39)40)6-19-20(12-32)16(10-30)1-2-23(19)35/h1-4,21-22,29-36H,5-14H2,(H,37,38)(H,39,40)/t21-,22?/m1/s1. The van der Waals surface area contributed by atoms with Gasteiger partial charge in [0.2, 0.25) is 0 Å². The number of phenolic OH excluding ortho intramolecular Hbond substituents is 2. The van der Waals surface area contributed by atoms with Gasteiger partial charge in [-0.1, -0.05) is 12.1 Å². The van der Waals surface area contributed by atoms with Crippen LogP contribution in [0.1, 0.15) is 33.4 Å². The van der Waals surface area contributed by atoms with Gasteiger partial charge in [-0.15, -0.1) is 0 Å². The smallest absolute Gasteiger partial charge is 0.317 e. The van der Waals surface area contributed by atoms with Crippen LogP contribution < -0.4 is 0 Å². The van der Waals surface area contributed by atoms with Gasteiger partial charge in [0.1, 0.15) is 11.5 Å². The van der Waals surface area contributed by atoms with Gasteiger partial charge in [0.15, 0.2) is 0 Å². The molecule has 2 rings (SSSR count). The number of aromatic hydroxyl groups is 2. The first-order chi connectivity index (χ1) is 19.0. The van der Waals surface area contributed by atoms with E-state index in [-0.39, 0.29) is 52.4 Å². The largest absolute Gasteiger partial charge is 0.508 e. The molecule has 10 N–H and O–H groups in total. The fraction of sp³-hybridized carbons (Fsp3) is 0.462. The van der Waals surface area contributed by atoms with E-state index in [1.54, 1.807) is 0 Å². The van der Waals surface area contributed by atoms with Crippen molar-refractivity contribution < 1.29 is 60.7 Å². The van der Waals surface area contributed by atoms with E-state index in [9.17, 15) is 60.7 Å². The number of aliphatic carboxylic acids is 2. The molecule has 14 nitrogen and oxygen atoms in total. The minimum atomic E-state index is -1.34. The molecule has 2 aromatic carbocycles. The summed E-state index contributed by atoms with van der Waals surface area (Å²) in [6, 6.07) is 2.78. The molecule has 14 heteroatoms. The third-order valence-electron chi connectivity index (χ3n) is 6.72. The number of aliphatic hydroxyl groups excluding tert-OH is 6. The van der Waals surface area contributed by atoms with Crippen LogP contribution >= 0.6 is 0 Å². The van der Waals surface area contributed by atoms with Crippen LogP contribution in [0, 0.1) is 0 Å². The van der Waals surface area contributed by atoms with E-state index in [2.05, 4.69) is 0 Å². The molecule has 0 fully saturated rings. The molecule has 0 saturated heterocycles. The Bertz CT molecular complexity index is 1160. The molecule has 222 valence electrons. The molecule has 1 unspecified atom stereocenters. The SMILES string of the molecule is O=C(O)CN(Cc1c(O)ccc(CO)c1CO)C(CO)[C@@H](CO)N(CC(=O)O)Cc1c(O)cc(CO)cc1CO. The van der Waals surface area contributed by atoms with Crippen LogP contribution in [0.25, 0.3) is 0 Å². The molecular weight excluding hydrogens is 532 g/mol. The lowest BCUT2D eigenvalue weighted by Crippen LogP contribution is -2.57. The first-order valence-electron chi connectivity index (χ1n) is 12.3. The van der Waals surface area contributed by atoms with Gasteiger partial charge in [0.25, 0.3) is 0 Å². The van der Waals surface area contributed by atoms with Gasteiger partial charge in [0.05, 0.1) is 64.8 Å². The fourth-order valence-corrected chi connectivity index (χ4v) is 4.74. The second kappa shape index (κ2) is 15.4. The number of carboxylic acid groups (broad SMARTS) is 2. The van der Waals surface area contributed by atoms with Crippen LogP contribution in [0.4, 0.5) is 0 Å². The van der Waals surface area contributed by atoms with Crippen molar-refractivity contribution in [3.8, 4) is 11.5 Å². The van der Waals surface area contributed by atoms with E-state index >= 15 is 0 Å². The predicted molar refractivity (Wildman–Crippen MR) is 138 cm³/mol. The lowest BCUT2D eigenvalue weighted by atomic mass is 9.97. The molecule has 0 amide bonds. The molecule has 0 aromatic heterocycles. The van der Waals surface area contributed by atoms with Crippen LogP contribution in [0.2, 0.25) is 0 Å². The Kier molecular flexibility index (Phi) is 12.7. The highest BCUT2D eigenvalue weighted by Gasteiger charge is 2.35. The average Bonchev–Trinajstić information content (AvgIpc) is 2.91. The number of phenols is 2. The van der Waals surface area contributed by atoms with Crippen molar-refractivity contribution in [2.75, 3.05) is 26.3 Å². The zero-order valence-electron chi connectivity index (χ0n) is 21.7. The molecule has 0 bridgehead atoms. The van der Waals surface area contributed by atoms with Gasteiger partial charge in [-0.3, -0.25) is 19.4 Å². The van der Waals surface area contributed by atoms with Gasteiger partial charge in [-0.2, -0.15) is 0 Å². The van der Waals surface area contributed by atoms with Crippen LogP contribution in [-0.4, -0.2) is 111 Å². The molecule has 40 heavy (non-hydrogen) atoms. The summed E-state index contributed by atoms with van der Waals surface area (Å²) in [4.78, 5) is 25.9. The third-order valence-corrected chi connectivity index (χ3v) is 6.72. The molecule has 0 heterocycles. The lowest BCUT2D eigenvalue weighted by molar-refractivity contribution is -0.143. The summed E-state index contributed by atoms with van der Waals surface area (Å²) < 4.78 is 0. The molecule has 0 aliphatic heterocycles. The van der Waals surface area contributed by atoms with Crippen molar-refractivity contribution in [1.82, 2.24) is 9.80 Å². The van der Waals surface area contributed by atoms with E-state index in [4.69, 9.17) is 0 Å². The molecule has 0 aliphatic rings. The van der Waals surface area contributed by atoms with Crippen molar-refractivity contribution in [2.45, 2.75) is 51.6 Å². The number of nitrogens with zero attached hydrogens (tertiary/aromatic N) is 2. The monoisotopic (exact) mass is 568 g/mol. The Hall–Kier alpha value is -3.34. The summed E-state index contributed by atoms with van der Waals surface area (Å²) in [7, 11) is 0. The van der Waals surface area contributed by atoms with E-state index in [0.717, 1.165) is 0 Å². The van der Waals surface area contributed by atoms with E-state index < -0.39 is 76.8 Å². The Labute approximate surface area is 229 Å². The van der Waals surface area contributed by atoms with Crippen LogP contribution in [0.5, 0.6) is 11.5 Å². The van der Waals surface area contributed by atoms with Crippen molar-refractivity contribution in [3.05, 3.63) is 57.6 Å². The minimum absolute atomic E-state index is 0.0648. The fourth-order valence-electron chi connectivity index (χ4n) is 4.74. The van der Waals surface area contributed by atoms with E-state index in [1.807, 2.05) is 0 Å². The first kappa shape index (κ1) is 32.9. The summed E-state index contributed by atoms with van der Waals surface area (Å²) in [5.74, 6) is -3.36. The number of benzene rings is 2. The van der Waals surface area contributed by atoms with Gasteiger partial charge in [-0.25, -0.2) is 0 Å². The van der Waals surface area contributed by atoms with Crippen molar-refractivity contribution in [3.63, 3.8) is 0 Å². The van der Waals surface area contributed by atoms with Gasteiger partial charge in [0, 0.05) is 24.2 Å². The van der Waals surface area contributed by atoms with Crippen LogP contribution in [0.15, 0.2) is 24.3 Å². The van der Waals surface area contributed by atoms with Gasteiger partial charge < -0.3 is 51.1 Å². The van der Waals surface area contributed by atoms with Crippen molar-refractivity contribution in [1.29, 1.82) is 0 Å². The Balaban J connectivity index is 2.59. The number of hydrogen-bond donors (Lipinski definition) is 10. The number of carbonyl (C=O) groups is 2. The van der Waals surface area contributed by atoms with Crippen LogP contribution in [-0.2, 0) is 49.1 Å². The summed E-state index contributed by atoms with van der Waals surface area (Å²) in [6.45, 7) is -5.81. The second-order valence-electron chi connectivity index (χ2n) is 9.18. The first-order valence-corrected chi connectivity index (χ1v) is 12.3. The highest BCUT2D eigenvalue weighted by Crippen LogP contribution is 2.30. The maximum absolute atomic E-state index is 11.8. The molecule has 0 aliphatic carbocycles. The summed E-state index contributed by atoms with van der Waals surface area (Å²) in [6.07, 6.45) is 0. The number of aliphatic hydroxyl groups is 6. The maximum Gasteiger partial charge on any atom is 0.317 e. The normalized spacial score (nSPS) is 13.1. The molecule has 0 radical (unpaired) electrons. The highest BCUT2D eigenvalue weighted by molar-refractivity contribution is 5.69. The molecule has 0 spiro atoms. The zero-order chi connectivity index (χ0) is 30.0. The Morgan fingerprint density at radius 1 is 0.625 bits per heavy atom. The number of hydrogen-bond acceptors (Lipinski definition) is 12. The molecular formula is C26H36N2O12. The van der Waals surface area contributed by atoms with E-state index in [1.165, 1.54) is 34.1 Å². The zero-order valence-corrected chi connectivity index (χ0v) is 21.7. The Morgan fingerprint density at radius 3 is 1.57 bits per heavy atom. The quantitative estimate of drug-likeness (QED) is 0.102. The lowest BCUT2D eigenvalue weighted by Gasteiger charge is -2.40. The molecule has 2 atom stereocenters. The third kappa shape index (κ3) is 8.09. The topological polar surface area (TPSA) is 243 Å². The minimum Gasteiger partial charge on any atom is -0.508 e. The Morgan fingerprint density at radius 2 is 1.15 bits per heavy atom. The maximum atomic E-state index is 11.8.